The first-order chi connectivity index (χ1) is 7.50. The van der Waals surface area contributed by atoms with Crippen LogP contribution in [0.1, 0.15) is 52.9 Å². The fourth-order valence-corrected chi connectivity index (χ4v) is 3.00. The molecule has 96 valence electrons. The highest BCUT2D eigenvalue weighted by atomic mass is 16.5. The van der Waals surface area contributed by atoms with Crippen LogP contribution in [0.5, 0.6) is 0 Å². The van der Waals surface area contributed by atoms with Gasteiger partial charge in [-0.2, -0.15) is 0 Å². The lowest BCUT2D eigenvalue weighted by Gasteiger charge is -2.40. The minimum absolute atomic E-state index is 0.128. The van der Waals surface area contributed by atoms with E-state index in [1.165, 1.54) is 32.1 Å². The third-order valence-corrected chi connectivity index (χ3v) is 3.78. The van der Waals surface area contributed by atoms with Gasteiger partial charge in [-0.1, -0.05) is 40.0 Å². The van der Waals surface area contributed by atoms with Gasteiger partial charge in [-0.05, 0) is 24.2 Å². The van der Waals surface area contributed by atoms with Gasteiger partial charge in [0.1, 0.15) is 0 Å². The Labute approximate surface area is 100 Å². The molecule has 0 radical (unpaired) electrons. The monoisotopic (exact) mass is 228 g/mol. The molecular formula is C13H28N2O. The summed E-state index contributed by atoms with van der Waals surface area (Å²) in [6, 6.07) is 0.283. The molecular weight excluding hydrogens is 200 g/mol. The standard InChI is InChI=1S/C13H28N2O/c1-13(2,3)12(16-4)11(15-14)10-8-6-5-7-9-10/h10-12,15H,5-9,14H2,1-4H3. The molecule has 0 aromatic carbocycles. The summed E-state index contributed by atoms with van der Waals surface area (Å²) >= 11 is 0. The average molecular weight is 228 g/mol. The van der Waals surface area contributed by atoms with Crippen molar-refractivity contribution in [1.29, 1.82) is 0 Å². The first-order valence-corrected chi connectivity index (χ1v) is 6.49. The molecule has 0 bridgehead atoms. The highest BCUT2D eigenvalue weighted by Crippen LogP contribution is 2.33. The first-order valence-electron chi connectivity index (χ1n) is 6.49. The average Bonchev–Trinajstić information content (AvgIpc) is 2.25. The van der Waals surface area contributed by atoms with Crippen molar-refractivity contribution >= 4 is 0 Å². The number of rotatable bonds is 4. The summed E-state index contributed by atoms with van der Waals surface area (Å²) in [4.78, 5) is 0. The third kappa shape index (κ3) is 3.44. The first kappa shape index (κ1) is 13.9. The van der Waals surface area contributed by atoms with E-state index in [0.29, 0.717) is 5.92 Å². The van der Waals surface area contributed by atoms with Gasteiger partial charge in [-0.25, -0.2) is 0 Å². The Morgan fingerprint density at radius 2 is 1.75 bits per heavy atom. The minimum Gasteiger partial charge on any atom is -0.379 e. The Kier molecular flexibility index (Phi) is 5.22. The van der Waals surface area contributed by atoms with Crippen molar-refractivity contribution in [2.45, 2.75) is 65.0 Å². The minimum atomic E-state index is 0.128. The number of ether oxygens (including phenoxy) is 1. The molecule has 3 N–H and O–H groups in total. The van der Waals surface area contributed by atoms with Gasteiger partial charge >= 0.3 is 0 Å². The van der Waals surface area contributed by atoms with E-state index in [-0.39, 0.29) is 17.6 Å². The van der Waals surface area contributed by atoms with Gasteiger partial charge < -0.3 is 4.74 Å². The molecule has 0 spiro atoms. The Morgan fingerprint density at radius 3 is 2.12 bits per heavy atom. The Balaban J connectivity index is 2.69. The predicted molar refractivity (Wildman–Crippen MR) is 67.9 cm³/mol. The molecule has 1 rings (SSSR count). The fourth-order valence-electron chi connectivity index (χ4n) is 3.00. The zero-order chi connectivity index (χ0) is 12.2. The maximum atomic E-state index is 5.75. The number of hydrazine groups is 1. The quantitative estimate of drug-likeness (QED) is 0.574. The molecule has 0 aromatic heterocycles. The van der Waals surface area contributed by atoms with Crippen LogP contribution in [0.2, 0.25) is 0 Å². The van der Waals surface area contributed by atoms with Crippen molar-refractivity contribution in [3.8, 4) is 0 Å². The van der Waals surface area contributed by atoms with Gasteiger partial charge in [0.05, 0.1) is 12.1 Å². The van der Waals surface area contributed by atoms with Gasteiger partial charge in [0.25, 0.3) is 0 Å². The second-order valence-corrected chi connectivity index (χ2v) is 6.11. The lowest BCUT2D eigenvalue weighted by Crippen LogP contribution is -2.54. The van der Waals surface area contributed by atoms with Crippen molar-refractivity contribution < 1.29 is 4.74 Å². The predicted octanol–water partition coefficient (Wildman–Crippen LogP) is 2.46. The number of nitrogens with two attached hydrogens (primary N) is 1. The van der Waals surface area contributed by atoms with Gasteiger partial charge in [0.2, 0.25) is 0 Å². The molecule has 2 unspecified atom stereocenters. The molecule has 1 aliphatic rings. The zero-order valence-electron chi connectivity index (χ0n) is 11.3. The van der Waals surface area contributed by atoms with E-state index in [2.05, 4.69) is 26.2 Å². The van der Waals surface area contributed by atoms with E-state index < -0.39 is 0 Å². The van der Waals surface area contributed by atoms with Crippen molar-refractivity contribution in [1.82, 2.24) is 5.43 Å². The molecule has 0 saturated heterocycles. The maximum absolute atomic E-state index is 5.75. The summed E-state index contributed by atoms with van der Waals surface area (Å²) in [5, 5.41) is 0. The van der Waals surface area contributed by atoms with E-state index in [9.17, 15) is 0 Å². The zero-order valence-corrected chi connectivity index (χ0v) is 11.3. The van der Waals surface area contributed by atoms with E-state index in [1.54, 1.807) is 7.11 Å². The number of hydrogen-bond acceptors (Lipinski definition) is 3. The van der Waals surface area contributed by atoms with Gasteiger partial charge in [-0.15, -0.1) is 0 Å². The highest BCUT2D eigenvalue weighted by molar-refractivity contribution is 4.90. The SMILES string of the molecule is COC(C(NN)C1CCCCC1)C(C)(C)C. The van der Waals surface area contributed by atoms with Gasteiger partial charge in [0.15, 0.2) is 0 Å². The van der Waals surface area contributed by atoms with Crippen molar-refractivity contribution in [2.24, 2.45) is 17.2 Å². The summed E-state index contributed by atoms with van der Waals surface area (Å²) < 4.78 is 5.68. The molecule has 16 heavy (non-hydrogen) atoms. The molecule has 0 aliphatic heterocycles. The van der Waals surface area contributed by atoms with Crippen LogP contribution in [0, 0.1) is 11.3 Å². The molecule has 0 amide bonds. The Morgan fingerprint density at radius 1 is 1.19 bits per heavy atom. The second-order valence-electron chi connectivity index (χ2n) is 6.11. The molecule has 0 aromatic rings. The fraction of sp³-hybridized carbons (Fsp3) is 1.00. The van der Waals surface area contributed by atoms with Crippen LogP contribution < -0.4 is 11.3 Å². The smallest absolute Gasteiger partial charge is 0.0788 e. The van der Waals surface area contributed by atoms with Crippen LogP contribution >= 0.6 is 0 Å². The van der Waals surface area contributed by atoms with Crippen LogP contribution in [-0.4, -0.2) is 19.3 Å². The van der Waals surface area contributed by atoms with Crippen molar-refractivity contribution in [3.63, 3.8) is 0 Å². The molecule has 0 heterocycles. The largest absolute Gasteiger partial charge is 0.379 e. The molecule has 3 heteroatoms. The number of nitrogens with one attached hydrogen (secondary N) is 1. The highest BCUT2D eigenvalue weighted by Gasteiger charge is 2.36. The lowest BCUT2D eigenvalue weighted by molar-refractivity contribution is -0.0311. The normalized spacial score (nSPS) is 23.1. The topological polar surface area (TPSA) is 47.3 Å². The molecule has 3 nitrogen and oxygen atoms in total. The van der Waals surface area contributed by atoms with Crippen molar-refractivity contribution in [2.75, 3.05) is 7.11 Å². The lowest BCUT2D eigenvalue weighted by atomic mass is 9.75. The van der Waals surface area contributed by atoms with E-state index in [4.69, 9.17) is 10.6 Å². The number of methoxy groups -OCH3 is 1. The van der Waals surface area contributed by atoms with Gasteiger partial charge in [-0.3, -0.25) is 11.3 Å². The number of hydrogen-bond donors (Lipinski definition) is 2. The summed E-state index contributed by atoms with van der Waals surface area (Å²) in [7, 11) is 1.79. The second kappa shape index (κ2) is 5.99. The van der Waals surface area contributed by atoms with Gasteiger partial charge in [0, 0.05) is 7.11 Å². The molecule has 1 saturated carbocycles. The molecule has 1 aliphatic carbocycles. The van der Waals surface area contributed by atoms with Crippen molar-refractivity contribution in [3.05, 3.63) is 0 Å². The molecule has 2 atom stereocenters. The van der Waals surface area contributed by atoms with Crippen LogP contribution in [0.3, 0.4) is 0 Å². The Hall–Kier alpha value is -0.120. The van der Waals surface area contributed by atoms with Crippen LogP contribution in [0.25, 0.3) is 0 Å². The van der Waals surface area contributed by atoms with Crippen LogP contribution in [-0.2, 0) is 4.74 Å². The summed E-state index contributed by atoms with van der Waals surface area (Å²) in [6.07, 6.45) is 6.80. The maximum Gasteiger partial charge on any atom is 0.0788 e. The summed E-state index contributed by atoms with van der Waals surface area (Å²) in [6.45, 7) is 6.65. The molecule has 1 fully saturated rings. The van der Waals surface area contributed by atoms with Crippen LogP contribution in [0.4, 0.5) is 0 Å². The Bertz CT molecular complexity index is 195. The summed E-state index contributed by atoms with van der Waals surface area (Å²) in [5.41, 5.74) is 3.13. The summed E-state index contributed by atoms with van der Waals surface area (Å²) in [5.74, 6) is 6.42. The third-order valence-electron chi connectivity index (χ3n) is 3.78. The van der Waals surface area contributed by atoms with E-state index >= 15 is 0 Å². The van der Waals surface area contributed by atoms with E-state index in [0.717, 1.165) is 0 Å². The van der Waals surface area contributed by atoms with E-state index in [1.807, 2.05) is 0 Å². The van der Waals surface area contributed by atoms with Crippen LogP contribution in [0.15, 0.2) is 0 Å².